The molecule has 53 heavy (non-hydrogen) atoms. The van der Waals surface area contributed by atoms with Gasteiger partial charge in [-0.05, 0) is 48.5 Å². The van der Waals surface area contributed by atoms with E-state index in [2.05, 4.69) is 45.1 Å². The van der Waals surface area contributed by atoms with E-state index in [-0.39, 0.29) is 129 Å². The number of aromatic nitrogens is 2. The number of sulfone groups is 1. The number of anilines is 4. The van der Waals surface area contributed by atoms with Crippen molar-refractivity contribution >= 4 is 87.7 Å². The Labute approximate surface area is 370 Å². The van der Waals surface area contributed by atoms with Gasteiger partial charge in [0.05, 0.1) is 31.8 Å². The van der Waals surface area contributed by atoms with Crippen LogP contribution in [0.2, 0.25) is 0 Å². The second kappa shape index (κ2) is 20.9. The van der Waals surface area contributed by atoms with Gasteiger partial charge in [0.25, 0.3) is 0 Å². The molecule has 5 N–H and O–H groups in total. The quantitative estimate of drug-likeness (QED) is 0.0102. The molecule has 3 aromatic carbocycles. The van der Waals surface area contributed by atoms with Crippen LogP contribution in [0.4, 0.5) is 54.4 Å². The van der Waals surface area contributed by atoms with E-state index in [4.69, 9.17) is 11.5 Å². The van der Waals surface area contributed by atoms with Crippen molar-refractivity contribution in [3.8, 4) is 0 Å². The van der Waals surface area contributed by atoms with Gasteiger partial charge in [0.15, 0.2) is 9.84 Å². The minimum atomic E-state index is -5.33. The normalized spacial score (nSPS) is 11.9. The van der Waals surface area contributed by atoms with Crippen molar-refractivity contribution in [2.24, 2.45) is 20.5 Å². The molecule has 0 aliphatic heterocycles. The molecule has 0 saturated heterocycles. The smallest absolute Gasteiger partial charge is 0.744 e. The molecule has 4 rings (SSSR count). The summed E-state index contributed by atoms with van der Waals surface area (Å²) in [7, 11) is -14.6. The monoisotopic (exact) mass is 843 g/mol. The Morgan fingerprint density at radius 3 is 1.89 bits per heavy atom. The number of halogens is 2. The molecule has 29 heteroatoms. The second-order valence-corrected chi connectivity index (χ2v) is 14.9. The number of azo groups is 2. The van der Waals surface area contributed by atoms with E-state index in [1.165, 1.54) is 0 Å². The van der Waals surface area contributed by atoms with E-state index in [1.807, 2.05) is 0 Å². The molecule has 0 unspecified atom stereocenters. The molecule has 4 aromatic rings. The second-order valence-electron chi connectivity index (χ2n) is 9.34. The summed E-state index contributed by atoms with van der Waals surface area (Å²) in [5, 5.41) is 30.5. The summed E-state index contributed by atoms with van der Waals surface area (Å²) in [6.07, 6.45) is -1.40. The molecule has 0 atom stereocenters. The maximum Gasteiger partial charge on any atom is 1.00 e. The largest absolute Gasteiger partial charge is 1.00 e. The van der Waals surface area contributed by atoms with Gasteiger partial charge >= 0.3 is 94.8 Å². The number of hydrogen-bond acceptors (Lipinski definition) is 21. The van der Waals surface area contributed by atoms with Gasteiger partial charge in [0, 0.05) is 29.5 Å². The van der Waals surface area contributed by atoms with Crippen molar-refractivity contribution in [3.05, 3.63) is 66.6 Å². The van der Waals surface area contributed by atoms with Gasteiger partial charge in [0.2, 0.25) is 5.95 Å². The van der Waals surface area contributed by atoms with Crippen LogP contribution >= 0.6 is 12.0 Å². The van der Waals surface area contributed by atoms with Crippen LogP contribution in [0.25, 0.3) is 0 Å². The molecule has 0 aliphatic carbocycles. The molecule has 1 aromatic heterocycles. The summed E-state index contributed by atoms with van der Waals surface area (Å²) >= 11 is 0.369. The van der Waals surface area contributed by atoms with E-state index in [0.29, 0.717) is 18.1 Å². The number of nitrogens with two attached hydrogens (primary N) is 2. The van der Waals surface area contributed by atoms with Crippen molar-refractivity contribution in [1.29, 1.82) is 0 Å². The number of nitrogens with zero attached hydrogens (tertiary/aromatic N) is 6. The van der Waals surface area contributed by atoms with Gasteiger partial charge in [-0.2, -0.15) is 23.1 Å². The van der Waals surface area contributed by atoms with E-state index in [1.54, 1.807) is 0 Å². The maximum absolute atomic E-state index is 13.5. The Bertz CT molecular complexity index is 2330. The zero-order chi connectivity index (χ0) is 36.9. The number of hydrogen-bond donors (Lipinski definition) is 3. The van der Waals surface area contributed by atoms with Crippen LogP contribution in [-0.2, 0) is 39.4 Å². The average molecular weight is 844 g/mol. The zero-order valence-electron chi connectivity index (χ0n) is 27.3. The fourth-order valence-electron chi connectivity index (χ4n) is 3.77. The van der Waals surface area contributed by atoms with Crippen LogP contribution in [0.15, 0.2) is 89.7 Å². The number of benzene rings is 3. The molecular formula is C24H18F2N9Na3O11S4. The molecule has 266 valence electrons. The number of nitrogens with one attached hydrogen (secondary N) is 1. The molecule has 0 radical (unpaired) electrons. The van der Waals surface area contributed by atoms with Crippen LogP contribution in [0.5, 0.6) is 0 Å². The predicted octanol–water partition coefficient (Wildman–Crippen LogP) is -6.04. The first kappa shape index (κ1) is 49.2. The Hall–Kier alpha value is -1.80. The van der Waals surface area contributed by atoms with Gasteiger partial charge in [-0.1, -0.05) is 0 Å². The summed E-state index contributed by atoms with van der Waals surface area (Å²) in [5.74, 6) is -2.50. The van der Waals surface area contributed by atoms with Crippen LogP contribution in [-0.4, -0.2) is 55.8 Å². The molecule has 0 fully saturated rings. The first-order chi connectivity index (χ1) is 23.4. The van der Waals surface area contributed by atoms with Gasteiger partial charge in [-0.15, -0.1) is 20.5 Å². The van der Waals surface area contributed by atoms with Crippen molar-refractivity contribution in [2.75, 3.05) is 28.3 Å². The molecule has 0 bridgehead atoms. The Morgan fingerprint density at radius 2 is 1.32 bits per heavy atom. The van der Waals surface area contributed by atoms with Gasteiger partial charge in [0.1, 0.15) is 48.8 Å². The third-order valence-corrected chi connectivity index (χ3v) is 10.2. The van der Waals surface area contributed by atoms with Crippen molar-refractivity contribution in [3.63, 3.8) is 0 Å². The first-order valence-corrected chi connectivity index (χ1v) is 18.3. The number of nitrogen functional groups attached to an aromatic ring is 2. The Balaban J connectivity index is 0.00000468. The summed E-state index contributed by atoms with van der Waals surface area (Å²) in [6, 6.07) is 8.21. The van der Waals surface area contributed by atoms with Crippen LogP contribution in [0, 0.1) is 12.0 Å². The van der Waals surface area contributed by atoms with Crippen molar-refractivity contribution in [2.45, 2.75) is 14.7 Å². The minimum Gasteiger partial charge on any atom is -0.744 e. The van der Waals surface area contributed by atoms with E-state index < -0.39 is 73.9 Å². The van der Waals surface area contributed by atoms with Crippen molar-refractivity contribution in [1.82, 2.24) is 9.97 Å². The molecule has 1 heterocycles. The molecule has 0 amide bonds. The first-order valence-electron chi connectivity index (χ1n) is 12.9. The van der Waals surface area contributed by atoms with Gasteiger partial charge < -0.3 is 31.1 Å². The summed E-state index contributed by atoms with van der Waals surface area (Å²) in [5.41, 5.74) is 9.92. The maximum atomic E-state index is 13.5. The Kier molecular flexibility index (Phi) is 19.4. The summed E-state index contributed by atoms with van der Waals surface area (Å²) < 4.78 is 128. The van der Waals surface area contributed by atoms with E-state index >= 15 is 0 Å². The fourth-order valence-corrected chi connectivity index (χ4v) is 7.14. The standard InChI is InChI=1S/C24H21F2N9O11S4.3Na/c25-22-11-23(31-24(26)30-22)29-12-1-4-20(49(39,40)41)19(7-12)35-34-18-10-17(14(27)9-15(18)28)33-32-16-3-2-13(8-21(16)50(42,43)44)48(37,38)6-5-47-46-45-36;;;/h1-4,7-11,36H,5-6,27-28H2,(H,29,30,31)(H,39,40,41)(H,42,43,44);;;/q;3*+1/p-3. The number of rotatable bonds is 14. The van der Waals surface area contributed by atoms with Gasteiger partial charge in [-0.3, -0.25) is 5.04 Å². The third-order valence-electron chi connectivity index (χ3n) is 5.95. The molecular weight excluding hydrogens is 826 g/mol. The molecule has 0 saturated carbocycles. The molecule has 0 spiro atoms. The van der Waals surface area contributed by atoms with E-state index in [9.17, 15) is 48.4 Å². The third kappa shape index (κ3) is 14.0. The Morgan fingerprint density at radius 1 is 0.736 bits per heavy atom. The average Bonchev–Trinajstić information content (AvgIpc) is 3.00. The minimum absolute atomic E-state index is 0. The van der Waals surface area contributed by atoms with E-state index in [0.717, 1.165) is 48.5 Å². The summed E-state index contributed by atoms with van der Waals surface area (Å²) in [4.78, 5) is 3.71. The van der Waals surface area contributed by atoms with Crippen molar-refractivity contribution < 1.29 is 146 Å². The molecule has 0 aliphatic rings. The predicted molar refractivity (Wildman–Crippen MR) is 164 cm³/mol. The fraction of sp³-hybridized carbons (Fsp3) is 0.0833. The van der Waals surface area contributed by atoms with Gasteiger partial charge in [-0.25, -0.2) is 25.3 Å². The summed E-state index contributed by atoms with van der Waals surface area (Å²) in [6.45, 7) is 0. The van der Waals surface area contributed by atoms with Crippen LogP contribution in [0.3, 0.4) is 0 Å². The van der Waals surface area contributed by atoms with Crippen LogP contribution < -0.4 is 111 Å². The van der Waals surface area contributed by atoms with Crippen LogP contribution in [0.1, 0.15) is 0 Å². The molecule has 20 nitrogen and oxygen atoms in total. The zero-order valence-corrected chi connectivity index (χ0v) is 36.6. The SMILES string of the molecule is Nc1cc(N)c(N=Nc2ccc(S(=O)(=O)CCSOO[O-])cc2S(=O)(=O)[O-])cc1N=Nc1cc(Nc2cc(F)nc(F)n2)ccc1S(=O)(=O)[O-].[Na+].[Na+].[Na+]. The topological polar surface area (TPSA) is 329 Å².